The summed E-state index contributed by atoms with van der Waals surface area (Å²) in [5.41, 5.74) is 1.83. The normalized spacial score (nSPS) is 15.8. The molecule has 0 atom stereocenters. The minimum atomic E-state index is -0.218. The summed E-state index contributed by atoms with van der Waals surface area (Å²) in [6.07, 6.45) is 1.70. The van der Waals surface area contributed by atoms with Crippen molar-refractivity contribution in [1.82, 2.24) is 5.32 Å². The van der Waals surface area contributed by atoms with Crippen LogP contribution in [0.4, 0.5) is 5.69 Å². The lowest BCUT2D eigenvalue weighted by Crippen LogP contribution is -2.30. The third-order valence-corrected chi connectivity index (χ3v) is 4.12. The van der Waals surface area contributed by atoms with Crippen molar-refractivity contribution in [1.29, 1.82) is 0 Å². The summed E-state index contributed by atoms with van der Waals surface area (Å²) in [5, 5.41) is 3.86. The fourth-order valence-electron chi connectivity index (χ4n) is 2.38. The van der Waals surface area contributed by atoms with Gasteiger partial charge < -0.3 is 10.1 Å². The molecule has 2 aromatic carbocycles. The smallest absolute Gasteiger partial charge is 0.281 e. The van der Waals surface area contributed by atoms with E-state index in [1.165, 1.54) is 4.90 Å². The largest absolute Gasteiger partial charge is 0.494 e. The molecule has 1 saturated heterocycles. The SMILES string of the molecule is CCOc1ccc(N2C(=O)/C(=C/c3ccccc3Cl)NC2=S)cc1. The predicted octanol–water partition coefficient (Wildman–Crippen LogP) is 4.00. The summed E-state index contributed by atoms with van der Waals surface area (Å²) in [6.45, 7) is 2.51. The van der Waals surface area contributed by atoms with Gasteiger partial charge in [-0.25, -0.2) is 0 Å². The summed E-state index contributed by atoms with van der Waals surface area (Å²) in [7, 11) is 0. The maximum Gasteiger partial charge on any atom is 0.281 e. The van der Waals surface area contributed by atoms with Gasteiger partial charge in [0, 0.05) is 5.02 Å². The third kappa shape index (κ3) is 3.27. The van der Waals surface area contributed by atoms with E-state index in [0.29, 0.717) is 28.1 Å². The van der Waals surface area contributed by atoms with Gasteiger partial charge in [-0.2, -0.15) is 0 Å². The maximum atomic E-state index is 12.7. The van der Waals surface area contributed by atoms with Gasteiger partial charge in [0.05, 0.1) is 12.3 Å². The van der Waals surface area contributed by atoms with E-state index in [1.807, 2.05) is 37.3 Å². The lowest BCUT2D eigenvalue weighted by Gasteiger charge is -2.14. The quantitative estimate of drug-likeness (QED) is 0.662. The number of hydrogen-bond donors (Lipinski definition) is 1. The molecule has 4 nitrogen and oxygen atoms in total. The first kappa shape index (κ1) is 16.5. The van der Waals surface area contributed by atoms with Crippen LogP contribution in [0.2, 0.25) is 5.02 Å². The summed E-state index contributed by atoms with van der Waals surface area (Å²) >= 11 is 11.4. The number of anilines is 1. The number of halogens is 1. The van der Waals surface area contributed by atoms with Crippen LogP contribution in [0.15, 0.2) is 54.2 Å². The average Bonchev–Trinajstić information content (AvgIpc) is 2.85. The summed E-state index contributed by atoms with van der Waals surface area (Å²) in [6, 6.07) is 14.5. The van der Waals surface area contributed by atoms with Crippen molar-refractivity contribution in [2.75, 3.05) is 11.5 Å². The molecule has 122 valence electrons. The molecule has 24 heavy (non-hydrogen) atoms. The van der Waals surface area contributed by atoms with Crippen LogP contribution in [0.3, 0.4) is 0 Å². The molecule has 0 bridgehead atoms. The lowest BCUT2D eigenvalue weighted by molar-refractivity contribution is -0.113. The monoisotopic (exact) mass is 358 g/mol. The highest BCUT2D eigenvalue weighted by Crippen LogP contribution is 2.26. The fourth-order valence-corrected chi connectivity index (χ4v) is 2.86. The molecule has 1 aliphatic rings. The summed E-state index contributed by atoms with van der Waals surface area (Å²) < 4.78 is 5.41. The number of benzene rings is 2. The molecule has 1 fully saturated rings. The van der Waals surface area contributed by atoms with Crippen LogP contribution in [-0.4, -0.2) is 17.6 Å². The van der Waals surface area contributed by atoms with Crippen LogP contribution >= 0.6 is 23.8 Å². The number of carbonyl (C=O) groups is 1. The lowest BCUT2D eigenvalue weighted by atomic mass is 10.2. The van der Waals surface area contributed by atoms with Crippen molar-refractivity contribution in [3.05, 3.63) is 64.8 Å². The van der Waals surface area contributed by atoms with Crippen molar-refractivity contribution in [3.63, 3.8) is 0 Å². The molecule has 0 spiro atoms. The zero-order valence-electron chi connectivity index (χ0n) is 13.0. The van der Waals surface area contributed by atoms with Gasteiger partial charge >= 0.3 is 0 Å². The molecule has 0 unspecified atom stereocenters. The van der Waals surface area contributed by atoms with Gasteiger partial charge in [0.1, 0.15) is 11.4 Å². The van der Waals surface area contributed by atoms with Crippen molar-refractivity contribution >= 4 is 46.6 Å². The van der Waals surface area contributed by atoms with Crippen LogP contribution in [0, 0.1) is 0 Å². The fraction of sp³-hybridized carbons (Fsp3) is 0.111. The highest BCUT2D eigenvalue weighted by atomic mass is 35.5. The van der Waals surface area contributed by atoms with Gasteiger partial charge in [-0.3, -0.25) is 9.69 Å². The second kappa shape index (κ2) is 7.03. The highest BCUT2D eigenvalue weighted by molar-refractivity contribution is 7.80. The minimum Gasteiger partial charge on any atom is -0.494 e. The summed E-state index contributed by atoms with van der Waals surface area (Å²) in [5.74, 6) is 0.530. The Hall–Kier alpha value is -2.37. The molecule has 1 heterocycles. The third-order valence-electron chi connectivity index (χ3n) is 3.49. The number of ether oxygens (including phenoxy) is 1. The molecule has 6 heteroatoms. The topological polar surface area (TPSA) is 41.6 Å². The van der Waals surface area contributed by atoms with E-state index in [4.69, 9.17) is 28.6 Å². The Labute approximate surface area is 150 Å². The Morgan fingerprint density at radius 1 is 1.21 bits per heavy atom. The Bertz CT molecular complexity index is 818. The molecule has 0 aromatic heterocycles. The van der Waals surface area contributed by atoms with E-state index in [0.717, 1.165) is 11.3 Å². The molecule has 1 amide bonds. The van der Waals surface area contributed by atoms with E-state index < -0.39 is 0 Å². The van der Waals surface area contributed by atoms with Gasteiger partial charge in [0.15, 0.2) is 5.11 Å². The molecular weight excluding hydrogens is 344 g/mol. The van der Waals surface area contributed by atoms with Crippen LogP contribution in [0.25, 0.3) is 6.08 Å². The number of nitrogens with one attached hydrogen (secondary N) is 1. The molecular formula is C18H15ClN2O2S. The Balaban J connectivity index is 1.88. The first-order valence-corrected chi connectivity index (χ1v) is 8.23. The van der Waals surface area contributed by atoms with E-state index in [2.05, 4.69) is 5.32 Å². The van der Waals surface area contributed by atoms with Crippen molar-refractivity contribution in [2.24, 2.45) is 0 Å². The van der Waals surface area contributed by atoms with Crippen LogP contribution in [0.1, 0.15) is 12.5 Å². The molecule has 3 rings (SSSR count). The van der Waals surface area contributed by atoms with Crippen LogP contribution < -0.4 is 15.0 Å². The van der Waals surface area contributed by atoms with Gasteiger partial charge in [0.25, 0.3) is 5.91 Å². The number of rotatable bonds is 4. The van der Waals surface area contributed by atoms with Gasteiger partial charge in [0.2, 0.25) is 0 Å². The minimum absolute atomic E-state index is 0.218. The van der Waals surface area contributed by atoms with Crippen LogP contribution in [0.5, 0.6) is 5.75 Å². The number of thiocarbonyl (C=S) groups is 1. The second-order valence-corrected chi connectivity index (χ2v) is 5.87. The predicted molar refractivity (Wildman–Crippen MR) is 100 cm³/mol. The summed E-state index contributed by atoms with van der Waals surface area (Å²) in [4.78, 5) is 14.1. The van der Waals surface area contributed by atoms with Crippen molar-refractivity contribution < 1.29 is 9.53 Å². The number of nitrogens with zero attached hydrogens (tertiary/aromatic N) is 1. The molecule has 1 N–H and O–H groups in total. The number of hydrogen-bond acceptors (Lipinski definition) is 3. The maximum absolute atomic E-state index is 12.7. The Kier molecular flexibility index (Phi) is 4.83. The molecule has 2 aromatic rings. The second-order valence-electron chi connectivity index (χ2n) is 5.08. The Morgan fingerprint density at radius 3 is 2.58 bits per heavy atom. The van der Waals surface area contributed by atoms with Gasteiger partial charge in [-0.15, -0.1) is 0 Å². The first-order chi connectivity index (χ1) is 11.6. The zero-order chi connectivity index (χ0) is 17.1. The molecule has 0 saturated carbocycles. The number of carbonyl (C=O) groups excluding carboxylic acids is 1. The zero-order valence-corrected chi connectivity index (χ0v) is 14.5. The van der Waals surface area contributed by atoms with Gasteiger partial charge in [-0.1, -0.05) is 29.8 Å². The highest BCUT2D eigenvalue weighted by Gasteiger charge is 2.32. The molecule has 1 aliphatic heterocycles. The number of amides is 1. The Morgan fingerprint density at radius 2 is 1.92 bits per heavy atom. The first-order valence-electron chi connectivity index (χ1n) is 7.44. The van der Waals surface area contributed by atoms with E-state index in [1.54, 1.807) is 24.3 Å². The molecule has 0 radical (unpaired) electrons. The van der Waals surface area contributed by atoms with Gasteiger partial charge in [-0.05, 0) is 61.1 Å². The van der Waals surface area contributed by atoms with Crippen molar-refractivity contribution in [3.8, 4) is 5.75 Å². The standard InChI is InChI=1S/C18H15ClN2O2S/c1-2-23-14-9-7-13(8-10-14)21-17(22)16(20-18(21)24)11-12-5-3-4-6-15(12)19/h3-11H,2H2,1H3,(H,20,24)/b16-11-. The molecule has 0 aliphatic carbocycles. The van der Waals surface area contributed by atoms with E-state index in [9.17, 15) is 4.79 Å². The van der Waals surface area contributed by atoms with Crippen LogP contribution in [-0.2, 0) is 4.79 Å². The van der Waals surface area contributed by atoms with Crippen molar-refractivity contribution in [2.45, 2.75) is 6.92 Å². The van der Waals surface area contributed by atoms with E-state index >= 15 is 0 Å². The average molecular weight is 359 g/mol. The van der Waals surface area contributed by atoms with E-state index in [-0.39, 0.29) is 5.91 Å².